The van der Waals surface area contributed by atoms with Crippen molar-refractivity contribution in [2.24, 2.45) is 5.92 Å². The minimum atomic E-state index is -1.12. The summed E-state index contributed by atoms with van der Waals surface area (Å²) in [6, 6.07) is 16.9. The SMILES string of the molecule is CC(C)(C(=O)Nc1ccc(C#N)c2ccccc12)n1cc(NC(=O)C2CCN(c3ccc4c(c3)C(=O)N(C3CCC(=O)NC3=O)C4=O)CC2)cn1. The second kappa shape index (κ2) is 12.8. The first-order valence-corrected chi connectivity index (χ1v) is 16.7. The summed E-state index contributed by atoms with van der Waals surface area (Å²) in [6.45, 7) is 4.51. The van der Waals surface area contributed by atoms with Gasteiger partial charge in [0.1, 0.15) is 11.6 Å². The third-order valence-electron chi connectivity index (χ3n) is 9.93. The number of rotatable bonds is 7. The lowest BCUT2D eigenvalue weighted by Crippen LogP contribution is -2.54. The fraction of sp³-hybridized carbons (Fsp3) is 0.297. The second-order valence-corrected chi connectivity index (χ2v) is 13.4. The van der Waals surface area contributed by atoms with Crippen molar-refractivity contribution in [2.75, 3.05) is 28.6 Å². The fourth-order valence-corrected chi connectivity index (χ4v) is 6.88. The molecule has 1 atom stereocenters. The van der Waals surface area contributed by atoms with Crippen molar-refractivity contribution in [3.63, 3.8) is 0 Å². The van der Waals surface area contributed by atoms with Crippen molar-refractivity contribution in [3.8, 4) is 6.07 Å². The van der Waals surface area contributed by atoms with Crippen molar-refractivity contribution < 1.29 is 28.8 Å². The Morgan fingerprint density at radius 1 is 0.922 bits per heavy atom. The van der Waals surface area contributed by atoms with Gasteiger partial charge in [-0.1, -0.05) is 24.3 Å². The molecule has 0 aliphatic carbocycles. The average molecular weight is 687 g/mol. The van der Waals surface area contributed by atoms with Crippen molar-refractivity contribution in [2.45, 2.75) is 51.1 Å². The summed E-state index contributed by atoms with van der Waals surface area (Å²) in [5.74, 6) is -2.99. The molecular formula is C37H34N8O6. The number of imide groups is 2. The van der Waals surface area contributed by atoms with E-state index in [9.17, 15) is 34.0 Å². The van der Waals surface area contributed by atoms with Crippen LogP contribution in [0.15, 0.2) is 67.0 Å². The number of fused-ring (bicyclic) bond motifs is 2. The molecule has 0 spiro atoms. The lowest BCUT2D eigenvalue weighted by molar-refractivity contribution is -0.136. The van der Waals surface area contributed by atoms with Crippen LogP contribution in [0.4, 0.5) is 17.1 Å². The molecular weight excluding hydrogens is 652 g/mol. The predicted octanol–water partition coefficient (Wildman–Crippen LogP) is 3.54. The predicted molar refractivity (Wildman–Crippen MR) is 186 cm³/mol. The fourth-order valence-electron chi connectivity index (χ4n) is 6.88. The van der Waals surface area contributed by atoms with Crippen LogP contribution < -0.4 is 20.9 Å². The average Bonchev–Trinajstić information content (AvgIpc) is 3.70. The monoisotopic (exact) mass is 686 g/mol. The standard InChI is InChI=1S/C37H34N8O6/c1-37(2,36(51)41-29-10-7-22(18-38)25-5-3-4-6-26(25)29)44-20-23(19-39-44)40-32(47)21-13-15-43(16-14-21)24-8-9-27-28(17-24)35(50)45(34(27)49)30-11-12-31(46)42-33(30)48/h3-10,17,19-21,30H,11-16H2,1-2H3,(H,40,47)(H,41,51)(H,42,46,48). The van der Waals surface area contributed by atoms with Crippen LogP contribution >= 0.6 is 0 Å². The number of hydrogen-bond acceptors (Lipinski definition) is 9. The van der Waals surface area contributed by atoms with Gasteiger partial charge in [-0.05, 0) is 63.4 Å². The van der Waals surface area contributed by atoms with Gasteiger partial charge in [-0.25, -0.2) is 0 Å². The first kappa shape index (κ1) is 33.2. The molecule has 2 saturated heterocycles. The van der Waals surface area contributed by atoms with Crippen molar-refractivity contribution >= 4 is 63.3 Å². The minimum Gasteiger partial charge on any atom is -0.371 e. The molecule has 6 amide bonds. The van der Waals surface area contributed by atoms with E-state index < -0.39 is 35.2 Å². The maximum absolute atomic E-state index is 13.5. The minimum absolute atomic E-state index is 0.0495. The summed E-state index contributed by atoms with van der Waals surface area (Å²) in [4.78, 5) is 80.0. The molecule has 14 nitrogen and oxygen atoms in total. The summed E-state index contributed by atoms with van der Waals surface area (Å²) in [5, 5.41) is 23.4. The molecule has 2 fully saturated rings. The van der Waals surface area contributed by atoms with Crippen molar-refractivity contribution in [1.82, 2.24) is 20.0 Å². The van der Waals surface area contributed by atoms with Crippen LogP contribution in [-0.2, 0) is 24.7 Å². The van der Waals surface area contributed by atoms with Gasteiger partial charge in [0, 0.05) is 53.8 Å². The molecule has 1 aromatic heterocycles. The molecule has 258 valence electrons. The Kier molecular flexibility index (Phi) is 8.34. The number of nitrogens with one attached hydrogen (secondary N) is 3. The van der Waals surface area contributed by atoms with E-state index in [4.69, 9.17) is 0 Å². The Bertz CT molecular complexity index is 2190. The molecule has 1 unspecified atom stereocenters. The van der Waals surface area contributed by atoms with Crippen LogP contribution in [0.25, 0.3) is 10.8 Å². The Morgan fingerprint density at radius 3 is 2.37 bits per heavy atom. The Hall–Kier alpha value is -6.36. The summed E-state index contributed by atoms with van der Waals surface area (Å²) < 4.78 is 1.49. The molecule has 4 aromatic rings. The third kappa shape index (κ3) is 5.96. The van der Waals surface area contributed by atoms with Gasteiger partial charge in [0.25, 0.3) is 17.7 Å². The zero-order valence-electron chi connectivity index (χ0n) is 27.9. The van der Waals surface area contributed by atoms with Crippen molar-refractivity contribution in [3.05, 3.63) is 83.7 Å². The number of hydrogen-bond donors (Lipinski definition) is 3. The largest absolute Gasteiger partial charge is 0.371 e. The zero-order valence-corrected chi connectivity index (χ0v) is 27.9. The zero-order chi connectivity index (χ0) is 36.0. The van der Waals surface area contributed by atoms with E-state index in [-0.39, 0.29) is 41.7 Å². The number of nitrogens with zero attached hydrogens (tertiary/aromatic N) is 5. The molecule has 0 bridgehead atoms. The Balaban J connectivity index is 0.960. The molecule has 3 aromatic carbocycles. The lowest BCUT2D eigenvalue weighted by atomic mass is 9.95. The van der Waals surface area contributed by atoms with Gasteiger partial charge in [0.05, 0.1) is 34.6 Å². The highest BCUT2D eigenvalue weighted by Crippen LogP contribution is 2.33. The van der Waals surface area contributed by atoms with E-state index in [1.165, 1.54) is 10.9 Å². The number of carbonyl (C=O) groups is 6. The molecule has 3 aliphatic rings. The van der Waals surface area contributed by atoms with Crippen LogP contribution in [0.1, 0.15) is 65.8 Å². The van der Waals surface area contributed by atoms with E-state index >= 15 is 0 Å². The molecule has 14 heteroatoms. The summed E-state index contributed by atoms with van der Waals surface area (Å²) in [6.07, 6.45) is 4.33. The molecule has 7 rings (SSSR count). The molecule has 3 aliphatic heterocycles. The van der Waals surface area contributed by atoms with E-state index in [1.54, 1.807) is 50.4 Å². The van der Waals surface area contributed by atoms with E-state index in [0.29, 0.717) is 42.9 Å². The number of piperidine rings is 2. The Morgan fingerprint density at radius 2 is 1.65 bits per heavy atom. The number of amides is 6. The second-order valence-electron chi connectivity index (χ2n) is 13.4. The smallest absolute Gasteiger partial charge is 0.262 e. The number of anilines is 3. The lowest BCUT2D eigenvalue weighted by Gasteiger charge is -2.33. The maximum Gasteiger partial charge on any atom is 0.262 e. The van der Waals surface area contributed by atoms with Gasteiger partial charge in [-0.3, -0.25) is 43.7 Å². The highest BCUT2D eigenvalue weighted by atomic mass is 16.2. The number of benzene rings is 3. The molecule has 0 radical (unpaired) electrons. The molecule has 51 heavy (non-hydrogen) atoms. The Labute approximate surface area is 292 Å². The van der Waals surface area contributed by atoms with Crippen LogP contribution in [-0.4, -0.2) is 69.3 Å². The summed E-state index contributed by atoms with van der Waals surface area (Å²) in [7, 11) is 0. The van der Waals surface area contributed by atoms with Gasteiger partial charge in [-0.15, -0.1) is 0 Å². The first-order valence-electron chi connectivity index (χ1n) is 16.7. The van der Waals surface area contributed by atoms with E-state index in [2.05, 4.69) is 27.1 Å². The van der Waals surface area contributed by atoms with Crippen LogP contribution in [0.3, 0.4) is 0 Å². The first-order chi connectivity index (χ1) is 24.5. The quantitative estimate of drug-likeness (QED) is 0.245. The van der Waals surface area contributed by atoms with Gasteiger partial charge < -0.3 is 15.5 Å². The number of carbonyl (C=O) groups excluding carboxylic acids is 6. The van der Waals surface area contributed by atoms with E-state index in [0.717, 1.165) is 21.4 Å². The van der Waals surface area contributed by atoms with Crippen molar-refractivity contribution in [1.29, 1.82) is 5.26 Å². The van der Waals surface area contributed by atoms with Crippen LogP contribution in [0.2, 0.25) is 0 Å². The summed E-state index contributed by atoms with van der Waals surface area (Å²) >= 11 is 0. The molecule has 4 heterocycles. The van der Waals surface area contributed by atoms with Gasteiger partial charge in [0.2, 0.25) is 17.7 Å². The van der Waals surface area contributed by atoms with Gasteiger partial charge in [-0.2, -0.15) is 10.4 Å². The number of nitriles is 1. The number of aromatic nitrogens is 2. The molecule has 0 saturated carbocycles. The van der Waals surface area contributed by atoms with E-state index in [1.807, 2.05) is 29.2 Å². The van der Waals surface area contributed by atoms with Gasteiger partial charge in [0.15, 0.2) is 0 Å². The van der Waals surface area contributed by atoms with Gasteiger partial charge >= 0.3 is 0 Å². The molecule has 3 N–H and O–H groups in total. The summed E-state index contributed by atoms with van der Waals surface area (Å²) in [5.41, 5.74) is 1.57. The van der Waals surface area contributed by atoms with Crippen LogP contribution in [0, 0.1) is 17.2 Å². The highest BCUT2D eigenvalue weighted by Gasteiger charge is 2.45. The maximum atomic E-state index is 13.5. The topological polar surface area (TPSA) is 187 Å². The third-order valence-corrected chi connectivity index (χ3v) is 9.93. The van der Waals surface area contributed by atoms with Crippen LogP contribution in [0.5, 0.6) is 0 Å². The normalized spacial score (nSPS) is 18.0. The highest BCUT2D eigenvalue weighted by molar-refractivity contribution is 6.23.